The molecule has 0 unspecified atom stereocenters. The Balaban J connectivity index is 1.75. The van der Waals surface area contributed by atoms with E-state index >= 15 is 0 Å². The van der Waals surface area contributed by atoms with Crippen LogP contribution in [0.15, 0.2) is 47.5 Å². The minimum Gasteiger partial charge on any atom is -0.489 e. The van der Waals surface area contributed by atoms with Crippen molar-refractivity contribution in [1.82, 2.24) is 24.8 Å². The summed E-state index contributed by atoms with van der Waals surface area (Å²) >= 11 is 0. The average Bonchev–Trinajstić information content (AvgIpc) is 3.41. The van der Waals surface area contributed by atoms with Gasteiger partial charge in [0, 0.05) is 25.0 Å². The molecule has 0 N–H and O–H groups in total. The number of hydrogen-bond acceptors (Lipinski definition) is 5. The van der Waals surface area contributed by atoms with Gasteiger partial charge in [0.15, 0.2) is 0 Å². The maximum Gasteiger partial charge on any atom is 0.368 e. The topological polar surface area (TPSA) is 74.8 Å². The summed E-state index contributed by atoms with van der Waals surface area (Å²) in [7, 11) is 1.59. The smallest absolute Gasteiger partial charge is 0.368 e. The molecular formula is C17H17N5O2. The zero-order valence-electron chi connectivity index (χ0n) is 13.3. The summed E-state index contributed by atoms with van der Waals surface area (Å²) in [5.74, 6) is 1.28. The summed E-state index contributed by atoms with van der Waals surface area (Å²) in [6.07, 6.45) is 5.72. The van der Waals surface area contributed by atoms with Crippen LogP contribution < -0.4 is 10.4 Å². The lowest BCUT2D eigenvalue weighted by molar-refractivity contribution is 0.304. The fraction of sp³-hybridized carbons (Fsp3) is 0.294. The minimum atomic E-state index is -0.270. The van der Waals surface area contributed by atoms with Gasteiger partial charge in [-0.1, -0.05) is 12.1 Å². The molecule has 2 heterocycles. The lowest BCUT2D eigenvalue weighted by Gasteiger charge is -2.14. The van der Waals surface area contributed by atoms with Gasteiger partial charge in [0.2, 0.25) is 0 Å². The molecule has 1 fully saturated rings. The van der Waals surface area contributed by atoms with E-state index in [0.717, 1.165) is 17.0 Å². The number of nitrogens with zero attached hydrogens (tertiary/aromatic N) is 5. The number of hydrogen-bond donors (Lipinski definition) is 0. The number of pyridine rings is 1. The fourth-order valence-corrected chi connectivity index (χ4v) is 2.78. The molecule has 0 atom stereocenters. The molecule has 0 saturated heterocycles. The monoisotopic (exact) mass is 323 g/mol. The van der Waals surface area contributed by atoms with Crippen LogP contribution >= 0.6 is 0 Å². The van der Waals surface area contributed by atoms with Crippen molar-refractivity contribution < 1.29 is 4.74 Å². The lowest BCUT2D eigenvalue weighted by atomic mass is 10.0. The zero-order chi connectivity index (χ0) is 16.5. The summed E-state index contributed by atoms with van der Waals surface area (Å²) < 4.78 is 8.46. The highest BCUT2D eigenvalue weighted by molar-refractivity contribution is 5.48. The van der Waals surface area contributed by atoms with Gasteiger partial charge in [-0.05, 0) is 52.9 Å². The standard InChI is InChI=1S/C17H17N5O2/c1-21-17(23)22(20-19-21)16-4-2-3-14(12-5-6-12)15(16)11-24-13-7-9-18-10-8-13/h2-4,7-10,12H,5-6,11H2,1H3. The number of aryl methyl sites for hydroxylation is 1. The molecule has 0 radical (unpaired) electrons. The van der Waals surface area contributed by atoms with Gasteiger partial charge in [0.1, 0.15) is 12.4 Å². The number of ether oxygens (including phenoxy) is 1. The third kappa shape index (κ3) is 2.68. The Kier molecular flexibility index (Phi) is 3.60. The second kappa shape index (κ2) is 5.92. The molecular weight excluding hydrogens is 306 g/mol. The van der Waals surface area contributed by atoms with Crippen molar-refractivity contribution >= 4 is 0 Å². The van der Waals surface area contributed by atoms with E-state index in [0.29, 0.717) is 12.5 Å². The first-order valence-electron chi connectivity index (χ1n) is 7.88. The Morgan fingerprint density at radius 3 is 2.62 bits per heavy atom. The number of aromatic nitrogens is 5. The van der Waals surface area contributed by atoms with E-state index in [-0.39, 0.29) is 5.69 Å². The Morgan fingerprint density at radius 1 is 1.17 bits per heavy atom. The van der Waals surface area contributed by atoms with Crippen molar-refractivity contribution in [2.75, 3.05) is 0 Å². The highest BCUT2D eigenvalue weighted by Gasteiger charge is 2.28. The number of benzene rings is 1. The van der Waals surface area contributed by atoms with Gasteiger partial charge in [-0.3, -0.25) is 4.98 Å². The molecule has 0 amide bonds. The summed E-state index contributed by atoms with van der Waals surface area (Å²) in [5.41, 5.74) is 2.66. The maximum atomic E-state index is 12.2. The number of tetrazole rings is 1. The predicted molar refractivity (Wildman–Crippen MR) is 87.1 cm³/mol. The lowest BCUT2D eigenvalue weighted by Crippen LogP contribution is -2.23. The van der Waals surface area contributed by atoms with Crippen LogP contribution in [0, 0.1) is 0 Å². The van der Waals surface area contributed by atoms with Crippen LogP contribution in [0.2, 0.25) is 0 Å². The van der Waals surface area contributed by atoms with E-state index in [1.54, 1.807) is 19.4 Å². The second-order valence-electron chi connectivity index (χ2n) is 5.89. The van der Waals surface area contributed by atoms with E-state index in [4.69, 9.17) is 4.74 Å². The van der Waals surface area contributed by atoms with Crippen LogP contribution in [-0.4, -0.2) is 24.8 Å². The third-order valence-electron chi connectivity index (χ3n) is 4.19. The number of rotatable bonds is 5. The molecule has 24 heavy (non-hydrogen) atoms. The highest BCUT2D eigenvalue weighted by atomic mass is 16.5. The largest absolute Gasteiger partial charge is 0.489 e. The van der Waals surface area contributed by atoms with Crippen molar-refractivity contribution in [2.45, 2.75) is 25.4 Å². The van der Waals surface area contributed by atoms with E-state index in [1.165, 1.54) is 27.8 Å². The van der Waals surface area contributed by atoms with Crippen LogP contribution in [0.1, 0.15) is 29.9 Å². The van der Waals surface area contributed by atoms with Crippen LogP contribution in [0.25, 0.3) is 5.69 Å². The first-order chi connectivity index (χ1) is 11.7. The van der Waals surface area contributed by atoms with Crippen molar-refractivity contribution in [3.8, 4) is 11.4 Å². The first-order valence-corrected chi connectivity index (χ1v) is 7.88. The van der Waals surface area contributed by atoms with Gasteiger partial charge < -0.3 is 4.74 Å². The molecule has 122 valence electrons. The Hall–Kier alpha value is -2.96. The second-order valence-corrected chi connectivity index (χ2v) is 5.89. The molecule has 7 heteroatoms. The Morgan fingerprint density at radius 2 is 1.96 bits per heavy atom. The molecule has 1 aliphatic carbocycles. The van der Waals surface area contributed by atoms with Gasteiger partial charge >= 0.3 is 5.69 Å². The van der Waals surface area contributed by atoms with Crippen LogP contribution in [0.5, 0.6) is 5.75 Å². The molecule has 1 aliphatic rings. The van der Waals surface area contributed by atoms with Crippen molar-refractivity contribution in [2.24, 2.45) is 7.05 Å². The quantitative estimate of drug-likeness (QED) is 0.716. The normalized spacial score (nSPS) is 13.9. The molecule has 0 aliphatic heterocycles. The highest BCUT2D eigenvalue weighted by Crippen LogP contribution is 2.42. The van der Waals surface area contributed by atoms with E-state index < -0.39 is 0 Å². The van der Waals surface area contributed by atoms with E-state index in [9.17, 15) is 4.79 Å². The van der Waals surface area contributed by atoms with E-state index in [1.807, 2.05) is 24.3 Å². The summed E-state index contributed by atoms with van der Waals surface area (Å²) in [5, 5.41) is 7.78. The Bertz CT molecular complexity index is 912. The van der Waals surface area contributed by atoms with E-state index in [2.05, 4.69) is 21.5 Å². The fourth-order valence-electron chi connectivity index (χ4n) is 2.78. The van der Waals surface area contributed by atoms with Gasteiger partial charge in [-0.15, -0.1) is 0 Å². The zero-order valence-corrected chi connectivity index (χ0v) is 13.3. The predicted octanol–water partition coefficient (Wildman–Crippen LogP) is 1.82. The third-order valence-corrected chi connectivity index (χ3v) is 4.19. The van der Waals surface area contributed by atoms with Gasteiger partial charge in [0.25, 0.3) is 0 Å². The van der Waals surface area contributed by atoms with Gasteiger partial charge in [-0.2, -0.15) is 9.36 Å². The summed E-state index contributed by atoms with van der Waals surface area (Å²) in [6.45, 7) is 0.370. The molecule has 4 rings (SSSR count). The van der Waals surface area contributed by atoms with Crippen LogP contribution in [0.4, 0.5) is 0 Å². The van der Waals surface area contributed by atoms with Gasteiger partial charge in [-0.25, -0.2) is 4.79 Å². The first kappa shape index (κ1) is 14.6. The minimum absolute atomic E-state index is 0.270. The molecule has 2 aromatic heterocycles. The molecule has 0 bridgehead atoms. The van der Waals surface area contributed by atoms with Crippen molar-refractivity contribution in [3.05, 3.63) is 64.3 Å². The molecule has 3 aromatic rings. The summed E-state index contributed by atoms with van der Waals surface area (Å²) in [4.78, 5) is 16.2. The summed E-state index contributed by atoms with van der Waals surface area (Å²) in [6, 6.07) is 9.57. The van der Waals surface area contributed by atoms with Crippen molar-refractivity contribution in [1.29, 1.82) is 0 Å². The van der Waals surface area contributed by atoms with Crippen LogP contribution in [0.3, 0.4) is 0 Å². The maximum absolute atomic E-state index is 12.2. The SMILES string of the molecule is Cn1nnn(-c2cccc(C3CC3)c2COc2ccncc2)c1=O. The molecule has 0 spiro atoms. The molecule has 1 aromatic carbocycles. The van der Waals surface area contributed by atoms with Gasteiger partial charge in [0.05, 0.1) is 5.69 Å². The molecule has 7 nitrogen and oxygen atoms in total. The average molecular weight is 323 g/mol. The van der Waals surface area contributed by atoms with Crippen LogP contribution in [-0.2, 0) is 13.7 Å². The molecule has 1 saturated carbocycles. The van der Waals surface area contributed by atoms with Crippen molar-refractivity contribution in [3.63, 3.8) is 0 Å². The Labute approximate surface area is 138 Å².